The maximum atomic E-state index is 15.9. The third kappa shape index (κ3) is 4.39. The predicted octanol–water partition coefficient (Wildman–Crippen LogP) is 6.78. The van der Waals surface area contributed by atoms with E-state index in [1.54, 1.807) is 30.6 Å². The van der Waals surface area contributed by atoms with Gasteiger partial charge in [0.1, 0.15) is 11.5 Å². The number of halogens is 2. The van der Waals surface area contributed by atoms with Crippen LogP contribution < -0.4 is 0 Å². The third-order valence-electron chi connectivity index (χ3n) is 6.65. The van der Waals surface area contributed by atoms with E-state index in [9.17, 15) is 9.18 Å². The zero-order valence-electron chi connectivity index (χ0n) is 19.2. The molecule has 2 heterocycles. The van der Waals surface area contributed by atoms with Crippen LogP contribution in [0.3, 0.4) is 0 Å². The van der Waals surface area contributed by atoms with Gasteiger partial charge < -0.3 is 5.11 Å². The molecular weight excluding hydrogens is 446 g/mol. The Morgan fingerprint density at radius 3 is 2.46 bits per heavy atom. The van der Waals surface area contributed by atoms with Crippen molar-refractivity contribution < 1.29 is 18.7 Å². The second kappa shape index (κ2) is 9.29. The first-order chi connectivity index (χ1) is 16.9. The molecule has 1 saturated carbocycles. The average Bonchev–Trinajstić information content (AvgIpc) is 3.28. The lowest BCUT2D eigenvalue weighted by Crippen LogP contribution is -2.16. The molecule has 0 radical (unpaired) electrons. The maximum Gasteiger partial charge on any atom is 0.328 e. The molecule has 1 aliphatic rings. The number of allylic oxidation sites excluding steroid dienone is 1. The minimum atomic E-state index is -1.02. The number of benzene rings is 2. The van der Waals surface area contributed by atoms with Gasteiger partial charge in [0.15, 0.2) is 0 Å². The number of carbonyl (C=O) groups is 1. The number of hydrogen-bond donors (Lipinski definition) is 1. The zero-order valence-corrected chi connectivity index (χ0v) is 19.2. The number of aromatic nitrogens is 2. The van der Waals surface area contributed by atoms with Gasteiger partial charge in [0.2, 0.25) is 5.95 Å². The number of nitrogens with zero attached hydrogens (tertiary/aromatic N) is 2. The molecule has 6 heteroatoms. The van der Waals surface area contributed by atoms with Crippen molar-refractivity contribution in [2.75, 3.05) is 0 Å². The van der Waals surface area contributed by atoms with Gasteiger partial charge in [-0.05, 0) is 89.4 Å². The quantitative estimate of drug-likeness (QED) is 0.192. The number of carboxylic acids is 1. The van der Waals surface area contributed by atoms with Crippen LogP contribution in [0.25, 0.3) is 22.9 Å². The first-order valence-electron chi connectivity index (χ1n) is 11.6. The van der Waals surface area contributed by atoms with E-state index < -0.39 is 11.9 Å². The molecule has 4 nitrogen and oxygen atoms in total. The summed E-state index contributed by atoms with van der Waals surface area (Å²) in [5, 5.41) is 8.93. The van der Waals surface area contributed by atoms with Gasteiger partial charge >= 0.3 is 5.97 Å². The number of hydrogen-bond acceptors (Lipinski definition) is 2. The molecular formula is C29H24F2N2O2. The van der Waals surface area contributed by atoms with Crippen LogP contribution in [0.15, 0.2) is 73.1 Å². The van der Waals surface area contributed by atoms with Crippen molar-refractivity contribution in [1.82, 2.24) is 9.38 Å². The fraction of sp³-hybridized carbons (Fsp3) is 0.172. The Bertz CT molecular complexity index is 1480. The summed E-state index contributed by atoms with van der Waals surface area (Å²) in [6.07, 6.45) is 8.80. The molecule has 0 aliphatic heterocycles. The van der Waals surface area contributed by atoms with Gasteiger partial charge in [-0.1, -0.05) is 36.8 Å². The predicted molar refractivity (Wildman–Crippen MR) is 133 cm³/mol. The summed E-state index contributed by atoms with van der Waals surface area (Å²) >= 11 is 0. The summed E-state index contributed by atoms with van der Waals surface area (Å²) in [6.45, 7) is 1.88. The minimum absolute atomic E-state index is 0.221. The van der Waals surface area contributed by atoms with Gasteiger partial charge in [0.05, 0.1) is 0 Å². The first kappa shape index (κ1) is 22.7. The van der Waals surface area contributed by atoms with Gasteiger partial charge in [-0.2, -0.15) is 4.39 Å². The van der Waals surface area contributed by atoms with Gasteiger partial charge in [-0.15, -0.1) is 0 Å². The highest BCUT2D eigenvalue weighted by Crippen LogP contribution is 2.46. The monoisotopic (exact) mass is 470 g/mol. The largest absolute Gasteiger partial charge is 0.478 e. The molecule has 176 valence electrons. The van der Waals surface area contributed by atoms with E-state index in [0.717, 1.165) is 58.7 Å². The number of pyridine rings is 1. The van der Waals surface area contributed by atoms with Crippen LogP contribution in [0.4, 0.5) is 8.78 Å². The summed E-state index contributed by atoms with van der Waals surface area (Å²) < 4.78 is 31.3. The van der Waals surface area contributed by atoms with Crippen LogP contribution in [0.1, 0.15) is 47.1 Å². The number of aryl methyl sites for hydroxylation is 1. The van der Waals surface area contributed by atoms with Crippen LogP contribution in [0.5, 0.6) is 0 Å². The van der Waals surface area contributed by atoms with E-state index >= 15 is 4.39 Å². The summed E-state index contributed by atoms with van der Waals surface area (Å²) in [6, 6.07) is 15.7. The standard InChI is InChI=1S/C29H24F2N2O2/c1-18-17-22(30)10-11-23(18)27(20-3-2-4-20)28(21-8-5-19(6-9-21)7-14-26(34)35)24-12-13-25-32-15-16-33(25)29(24)31/h5-17,20H,2-4H2,1H3,(H,34,35)/b14-7+,28-27+. The highest BCUT2D eigenvalue weighted by atomic mass is 19.1. The molecule has 0 bridgehead atoms. The maximum absolute atomic E-state index is 15.9. The zero-order chi connectivity index (χ0) is 24.5. The lowest BCUT2D eigenvalue weighted by atomic mass is 9.72. The van der Waals surface area contributed by atoms with Crippen molar-refractivity contribution >= 4 is 28.8 Å². The summed E-state index contributed by atoms with van der Waals surface area (Å²) in [5.41, 5.74) is 5.95. The Morgan fingerprint density at radius 2 is 1.80 bits per heavy atom. The molecule has 4 aromatic rings. The van der Waals surface area contributed by atoms with Crippen LogP contribution >= 0.6 is 0 Å². The molecule has 1 N–H and O–H groups in total. The second-order valence-electron chi connectivity index (χ2n) is 8.86. The normalized spacial score (nSPS) is 14.8. The van der Waals surface area contributed by atoms with Crippen molar-refractivity contribution in [3.05, 3.63) is 113 Å². The Labute approximate surface area is 201 Å². The highest BCUT2D eigenvalue weighted by molar-refractivity contribution is 6.00. The molecule has 0 atom stereocenters. The van der Waals surface area contributed by atoms with Crippen LogP contribution in [0, 0.1) is 24.6 Å². The molecule has 2 aromatic heterocycles. The van der Waals surface area contributed by atoms with Crippen molar-refractivity contribution in [3.63, 3.8) is 0 Å². The van der Waals surface area contributed by atoms with Crippen LogP contribution in [-0.2, 0) is 4.79 Å². The second-order valence-corrected chi connectivity index (χ2v) is 8.86. The molecule has 1 aliphatic carbocycles. The first-order valence-corrected chi connectivity index (χ1v) is 11.6. The Morgan fingerprint density at radius 1 is 1.06 bits per heavy atom. The van der Waals surface area contributed by atoms with Crippen LogP contribution in [-0.4, -0.2) is 20.5 Å². The Kier molecular flexibility index (Phi) is 6.03. The molecule has 2 aromatic carbocycles. The van der Waals surface area contributed by atoms with Crippen molar-refractivity contribution in [3.8, 4) is 0 Å². The number of imidazole rings is 1. The van der Waals surface area contributed by atoms with Gasteiger partial charge in [-0.3, -0.25) is 4.40 Å². The molecule has 0 amide bonds. The average molecular weight is 471 g/mol. The summed E-state index contributed by atoms with van der Waals surface area (Å²) in [7, 11) is 0. The van der Waals surface area contributed by atoms with Crippen molar-refractivity contribution in [1.29, 1.82) is 0 Å². The van der Waals surface area contributed by atoms with Crippen LogP contribution in [0.2, 0.25) is 0 Å². The number of rotatable bonds is 6. The van der Waals surface area contributed by atoms with E-state index in [-0.39, 0.29) is 11.7 Å². The Hall–Kier alpha value is -4.06. The van der Waals surface area contributed by atoms with Gasteiger partial charge in [0.25, 0.3) is 0 Å². The van der Waals surface area contributed by atoms with E-state index in [4.69, 9.17) is 5.11 Å². The number of aliphatic carboxylic acids is 1. The molecule has 0 saturated heterocycles. The molecule has 1 fully saturated rings. The third-order valence-corrected chi connectivity index (χ3v) is 6.65. The Balaban J connectivity index is 1.79. The van der Waals surface area contributed by atoms with Gasteiger partial charge in [-0.25, -0.2) is 14.2 Å². The topological polar surface area (TPSA) is 54.6 Å². The molecule has 0 unspecified atom stereocenters. The molecule has 35 heavy (non-hydrogen) atoms. The van der Waals surface area contributed by atoms with E-state index in [2.05, 4.69) is 4.98 Å². The fourth-order valence-electron chi connectivity index (χ4n) is 4.72. The fourth-order valence-corrected chi connectivity index (χ4v) is 4.72. The van der Waals surface area contributed by atoms with E-state index in [0.29, 0.717) is 11.2 Å². The number of carboxylic acid groups (broad SMARTS) is 1. The molecule has 5 rings (SSSR count). The highest BCUT2D eigenvalue weighted by Gasteiger charge is 2.29. The summed E-state index contributed by atoms with van der Waals surface area (Å²) in [5.74, 6) is -1.52. The minimum Gasteiger partial charge on any atom is -0.478 e. The van der Waals surface area contributed by atoms with E-state index in [1.165, 1.54) is 22.6 Å². The molecule has 0 spiro atoms. The lowest BCUT2D eigenvalue weighted by Gasteiger charge is -2.32. The van der Waals surface area contributed by atoms with Gasteiger partial charge in [0, 0.05) is 24.0 Å². The summed E-state index contributed by atoms with van der Waals surface area (Å²) in [4.78, 5) is 15.1. The SMILES string of the molecule is Cc1cc(F)ccc1/C(=C(\c1ccc(/C=C/C(=O)O)cc1)c1ccc2nccn2c1F)C1CCC1. The smallest absolute Gasteiger partial charge is 0.328 e. The lowest BCUT2D eigenvalue weighted by molar-refractivity contribution is -0.131. The van der Waals surface area contributed by atoms with Crippen molar-refractivity contribution in [2.24, 2.45) is 5.92 Å². The van der Waals surface area contributed by atoms with Crippen molar-refractivity contribution in [2.45, 2.75) is 26.2 Å². The number of fused-ring (bicyclic) bond motifs is 1. The van der Waals surface area contributed by atoms with E-state index in [1.807, 2.05) is 31.2 Å².